The molecule has 0 bridgehead atoms. The maximum absolute atomic E-state index is 12.6. The van der Waals surface area contributed by atoms with E-state index in [2.05, 4.69) is 25.2 Å². The summed E-state index contributed by atoms with van der Waals surface area (Å²) in [5.74, 6) is 0.341. The lowest BCUT2D eigenvalue weighted by Crippen LogP contribution is -2.30. The molecule has 3 nitrogen and oxygen atoms in total. The van der Waals surface area contributed by atoms with E-state index in [4.69, 9.17) is 4.42 Å². The van der Waals surface area contributed by atoms with E-state index in [-0.39, 0.29) is 5.63 Å². The zero-order valence-electron chi connectivity index (χ0n) is 12.9. The van der Waals surface area contributed by atoms with Crippen LogP contribution in [0, 0.1) is 6.92 Å². The largest absolute Gasteiger partial charge is 0.422 e. The van der Waals surface area contributed by atoms with Crippen molar-refractivity contribution in [1.29, 1.82) is 0 Å². The van der Waals surface area contributed by atoms with Gasteiger partial charge in [-0.3, -0.25) is 0 Å². The van der Waals surface area contributed by atoms with Gasteiger partial charge >= 0.3 is 5.63 Å². The van der Waals surface area contributed by atoms with Gasteiger partial charge < -0.3 is 9.73 Å². The van der Waals surface area contributed by atoms with Gasteiger partial charge in [-0.05, 0) is 62.4 Å². The van der Waals surface area contributed by atoms with E-state index < -0.39 is 0 Å². The first-order chi connectivity index (χ1) is 10.2. The molecule has 1 fully saturated rings. The van der Waals surface area contributed by atoms with Gasteiger partial charge in [0.15, 0.2) is 0 Å². The van der Waals surface area contributed by atoms with E-state index in [9.17, 15) is 4.79 Å². The Morgan fingerprint density at radius 2 is 2.05 bits per heavy atom. The fourth-order valence-electron chi connectivity index (χ4n) is 3.56. The van der Waals surface area contributed by atoms with E-state index >= 15 is 0 Å². The first-order valence-electron chi connectivity index (χ1n) is 7.98. The summed E-state index contributed by atoms with van der Waals surface area (Å²) in [6.45, 7) is 6.25. The molecule has 1 saturated heterocycles. The van der Waals surface area contributed by atoms with Crippen LogP contribution in [0.25, 0.3) is 11.0 Å². The van der Waals surface area contributed by atoms with Gasteiger partial charge in [0, 0.05) is 10.9 Å². The molecule has 112 valence electrons. The molecule has 0 aliphatic carbocycles. The van der Waals surface area contributed by atoms with Crippen LogP contribution in [0.3, 0.4) is 0 Å². The smallest absolute Gasteiger partial charge is 0.340 e. The van der Waals surface area contributed by atoms with Crippen LogP contribution in [0.5, 0.6) is 0 Å². The molecular weight excluding hydrogens is 262 g/mol. The zero-order chi connectivity index (χ0) is 14.8. The molecule has 0 unspecified atom stereocenters. The van der Waals surface area contributed by atoms with Crippen molar-refractivity contribution in [2.75, 3.05) is 13.1 Å². The molecule has 21 heavy (non-hydrogen) atoms. The van der Waals surface area contributed by atoms with Crippen LogP contribution in [0.1, 0.15) is 48.8 Å². The fourth-order valence-corrected chi connectivity index (χ4v) is 3.56. The lowest BCUT2D eigenvalue weighted by atomic mass is 9.85. The Morgan fingerprint density at radius 3 is 2.76 bits per heavy atom. The summed E-state index contributed by atoms with van der Waals surface area (Å²) >= 11 is 0. The minimum absolute atomic E-state index is 0.122. The van der Waals surface area contributed by atoms with Crippen LogP contribution in [0.15, 0.2) is 27.4 Å². The molecule has 0 atom stereocenters. The van der Waals surface area contributed by atoms with Gasteiger partial charge in [-0.15, -0.1) is 0 Å². The summed E-state index contributed by atoms with van der Waals surface area (Å²) in [5.41, 5.74) is 3.99. The minimum atomic E-state index is -0.122. The first kappa shape index (κ1) is 14.3. The van der Waals surface area contributed by atoms with Crippen molar-refractivity contribution in [3.8, 4) is 0 Å². The van der Waals surface area contributed by atoms with E-state index in [1.807, 2.05) is 12.1 Å². The van der Waals surface area contributed by atoms with E-state index in [1.54, 1.807) is 0 Å². The maximum Gasteiger partial charge on any atom is 0.340 e. The number of hydrogen-bond acceptors (Lipinski definition) is 3. The maximum atomic E-state index is 12.6. The van der Waals surface area contributed by atoms with Gasteiger partial charge in [0.1, 0.15) is 5.58 Å². The molecule has 1 aliphatic heterocycles. The summed E-state index contributed by atoms with van der Waals surface area (Å²) in [5, 5.41) is 4.53. The van der Waals surface area contributed by atoms with Crippen molar-refractivity contribution in [3.63, 3.8) is 0 Å². The third kappa shape index (κ3) is 2.62. The molecule has 3 heteroatoms. The molecule has 1 aromatic heterocycles. The number of piperidine rings is 1. The van der Waals surface area contributed by atoms with Crippen LogP contribution in [-0.4, -0.2) is 13.1 Å². The van der Waals surface area contributed by atoms with Crippen molar-refractivity contribution in [3.05, 3.63) is 45.3 Å². The summed E-state index contributed by atoms with van der Waals surface area (Å²) in [7, 11) is 0. The molecule has 3 rings (SSSR count). The molecule has 0 amide bonds. The Balaban J connectivity index is 2.26. The molecule has 0 saturated carbocycles. The van der Waals surface area contributed by atoms with E-state index in [0.717, 1.165) is 55.3 Å². The van der Waals surface area contributed by atoms with Gasteiger partial charge in [0.2, 0.25) is 0 Å². The van der Waals surface area contributed by atoms with Crippen LogP contribution in [0.4, 0.5) is 0 Å². The lowest BCUT2D eigenvalue weighted by molar-refractivity contribution is 0.439. The van der Waals surface area contributed by atoms with Crippen molar-refractivity contribution in [1.82, 2.24) is 5.32 Å². The summed E-state index contributed by atoms with van der Waals surface area (Å²) in [4.78, 5) is 12.6. The number of fused-ring (bicyclic) bond motifs is 1. The highest BCUT2D eigenvalue weighted by Crippen LogP contribution is 2.32. The minimum Gasteiger partial charge on any atom is -0.422 e. The summed E-state index contributed by atoms with van der Waals surface area (Å²) in [6.07, 6.45) is 4.05. The normalized spacial score (nSPS) is 16.5. The standard InChI is InChI=1S/C18H23NO2/c1-3-5-14-16-12(2)6-4-7-15(16)21-18(20)17(14)13-8-10-19-11-9-13/h4,6-7,13,19H,3,5,8-11H2,1-2H3. The van der Waals surface area contributed by atoms with E-state index in [1.165, 1.54) is 11.1 Å². The predicted octanol–water partition coefficient (Wildman–Crippen LogP) is 3.52. The SMILES string of the molecule is CCCc1c(C2CCNCC2)c(=O)oc2cccc(C)c12. The van der Waals surface area contributed by atoms with Crippen LogP contribution >= 0.6 is 0 Å². The molecule has 1 aromatic carbocycles. The van der Waals surface area contributed by atoms with Crippen LogP contribution in [0.2, 0.25) is 0 Å². The van der Waals surface area contributed by atoms with Crippen molar-refractivity contribution in [2.45, 2.75) is 45.4 Å². The topological polar surface area (TPSA) is 42.2 Å². The molecular formula is C18H23NO2. The molecule has 2 heterocycles. The Bertz CT molecular complexity index is 696. The third-order valence-corrected chi connectivity index (χ3v) is 4.53. The van der Waals surface area contributed by atoms with Gasteiger partial charge in [-0.2, -0.15) is 0 Å². The first-order valence-corrected chi connectivity index (χ1v) is 7.98. The van der Waals surface area contributed by atoms with Crippen molar-refractivity contribution < 1.29 is 4.42 Å². The van der Waals surface area contributed by atoms with Crippen LogP contribution < -0.4 is 10.9 Å². The van der Waals surface area contributed by atoms with Gasteiger partial charge in [0.25, 0.3) is 0 Å². The quantitative estimate of drug-likeness (QED) is 0.877. The summed E-state index contributed by atoms with van der Waals surface area (Å²) in [6, 6.07) is 5.98. The second-order valence-electron chi connectivity index (χ2n) is 6.00. The number of benzene rings is 1. The highest BCUT2D eigenvalue weighted by Gasteiger charge is 2.24. The number of nitrogens with one attached hydrogen (secondary N) is 1. The monoisotopic (exact) mass is 285 g/mol. The van der Waals surface area contributed by atoms with Gasteiger partial charge in [-0.1, -0.05) is 25.5 Å². The highest BCUT2D eigenvalue weighted by atomic mass is 16.4. The van der Waals surface area contributed by atoms with Crippen molar-refractivity contribution in [2.24, 2.45) is 0 Å². The molecule has 2 aromatic rings. The highest BCUT2D eigenvalue weighted by molar-refractivity contribution is 5.84. The van der Waals surface area contributed by atoms with Gasteiger partial charge in [-0.25, -0.2) is 4.79 Å². The second-order valence-corrected chi connectivity index (χ2v) is 6.00. The predicted molar refractivity (Wildman–Crippen MR) is 86.1 cm³/mol. The van der Waals surface area contributed by atoms with Gasteiger partial charge in [0.05, 0.1) is 0 Å². The van der Waals surface area contributed by atoms with E-state index in [0.29, 0.717) is 5.92 Å². The fraction of sp³-hybridized carbons (Fsp3) is 0.500. The Morgan fingerprint density at radius 1 is 1.29 bits per heavy atom. The number of aryl methyl sites for hydroxylation is 2. The average molecular weight is 285 g/mol. The van der Waals surface area contributed by atoms with Crippen molar-refractivity contribution >= 4 is 11.0 Å². The lowest BCUT2D eigenvalue weighted by Gasteiger charge is -2.24. The Labute approximate surface area is 125 Å². The zero-order valence-corrected chi connectivity index (χ0v) is 12.9. The average Bonchev–Trinajstić information content (AvgIpc) is 2.48. The number of hydrogen-bond donors (Lipinski definition) is 1. The number of rotatable bonds is 3. The second kappa shape index (κ2) is 6.02. The Kier molecular flexibility index (Phi) is 4.11. The summed E-state index contributed by atoms with van der Waals surface area (Å²) < 4.78 is 5.64. The van der Waals surface area contributed by atoms with Crippen LogP contribution in [-0.2, 0) is 6.42 Å². The molecule has 0 spiro atoms. The molecule has 1 aliphatic rings. The Hall–Kier alpha value is -1.61. The third-order valence-electron chi connectivity index (χ3n) is 4.53. The molecule has 0 radical (unpaired) electrons. The molecule has 1 N–H and O–H groups in total.